The van der Waals surface area contributed by atoms with Crippen LogP contribution < -0.4 is 5.30 Å². The molecule has 3 nitrogen and oxygen atoms in total. The first kappa shape index (κ1) is 15.2. The molecule has 4 heteroatoms. The largest absolute Gasteiger partial charge is 0.393 e. The van der Waals surface area contributed by atoms with Crippen molar-refractivity contribution in [3.8, 4) is 0 Å². The molecule has 0 amide bonds. The van der Waals surface area contributed by atoms with Gasteiger partial charge in [0.1, 0.15) is 0 Å². The molecule has 1 rings (SSSR count). The topological polar surface area (TPSA) is 46.5 Å². The van der Waals surface area contributed by atoms with Crippen LogP contribution in [0.1, 0.15) is 19.8 Å². The van der Waals surface area contributed by atoms with E-state index in [1.807, 2.05) is 25.1 Å². The van der Waals surface area contributed by atoms with Gasteiger partial charge in [0.15, 0.2) is 0 Å². The molecular formula is C14H21O3P. The van der Waals surface area contributed by atoms with Crippen LogP contribution in [0.5, 0.6) is 0 Å². The molecule has 1 N–H and O–H groups in total. The summed E-state index contributed by atoms with van der Waals surface area (Å²) in [6.07, 6.45) is 2.56. The van der Waals surface area contributed by atoms with Crippen LogP contribution in [0.15, 0.2) is 43.0 Å². The van der Waals surface area contributed by atoms with E-state index in [1.54, 1.807) is 18.2 Å². The lowest BCUT2D eigenvalue weighted by atomic mass is 10.2. The maximum Gasteiger partial charge on any atom is 0.234 e. The summed E-state index contributed by atoms with van der Waals surface area (Å²) in [6, 6.07) is 9.11. The molecule has 0 aliphatic heterocycles. The molecule has 2 atom stereocenters. The van der Waals surface area contributed by atoms with Crippen LogP contribution in [0.2, 0.25) is 0 Å². The predicted octanol–water partition coefficient (Wildman–Crippen LogP) is 2.95. The van der Waals surface area contributed by atoms with Crippen LogP contribution in [-0.2, 0) is 9.09 Å². The highest BCUT2D eigenvalue weighted by Gasteiger charge is 2.28. The van der Waals surface area contributed by atoms with E-state index in [9.17, 15) is 9.67 Å². The minimum atomic E-state index is -2.95. The summed E-state index contributed by atoms with van der Waals surface area (Å²) >= 11 is 0. The zero-order valence-corrected chi connectivity index (χ0v) is 11.7. The minimum absolute atomic E-state index is 0.165. The van der Waals surface area contributed by atoms with Crippen molar-refractivity contribution in [3.05, 3.63) is 43.0 Å². The number of rotatable bonds is 8. The Morgan fingerprint density at radius 3 is 2.67 bits per heavy atom. The van der Waals surface area contributed by atoms with Crippen molar-refractivity contribution in [1.82, 2.24) is 0 Å². The van der Waals surface area contributed by atoms with Gasteiger partial charge in [-0.1, -0.05) is 24.3 Å². The zero-order valence-electron chi connectivity index (χ0n) is 10.8. The molecule has 0 aromatic heterocycles. The Kier molecular flexibility index (Phi) is 6.34. The maximum absolute atomic E-state index is 12.8. The van der Waals surface area contributed by atoms with Crippen molar-refractivity contribution in [2.24, 2.45) is 0 Å². The molecule has 18 heavy (non-hydrogen) atoms. The van der Waals surface area contributed by atoms with Crippen molar-refractivity contribution in [2.45, 2.75) is 25.9 Å². The average molecular weight is 268 g/mol. The number of hydrogen-bond donors (Lipinski definition) is 1. The van der Waals surface area contributed by atoms with Gasteiger partial charge in [0.25, 0.3) is 0 Å². The molecule has 0 heterocycles. The van der Waals surface area contributed by atoms with Crippen molar-refractivity contribution >= 4 is 12.7 Å². The molecule has 1 aromatic carbocycles. The number of aliphatic hydroxyl groups excluding tert-OH is 1. The highest BCUT2D eigenvalue weighted by atomic mass is 31.2. The van der Waals surface area contributed by atoms with Gasteiger partial charge in [0.05, 0.1) is 18.9 Å². The van der Waals surface area contributed by atoms with Crippen molar-refractivity contribution in [1.29, 1.82) is 0 Å². The second-order valence-corrected chi connectivity index (χ2v) is 6.62. The Morgan fingerprint density at radius 2 is 2.11 bits per heavy atom. The minimum Gasteiger partial charge on any atom is -0.393 e. The second kappa shape index (κ2) is 7.52. The molecular weight excluding hydrogens is 247 g/mol. The van der Waals surface area contributed by atoms with E-state index < -0.39 is 13.5 Å². The van der Waals surface area contributed by atoms with E-state index in [0.29, 0.717) is 24.8 Å². The first-order chi connectivity index (χ1) is 8.62. The Hall–Kier alpha value is -0.890. The van der Waals surface area contributed by atoms with Crippen LogP contribution in [0, 0.1) is 0 Å². The van der Waals surface area contributed by atoms with Crippen molar-refractivity contribution in [2.75, 3.05) is 12.8 Å². The zero-order chi connectivity index (χ0) is 13.4. The molecule has 2 unspecified atom stereocenters. The van der Waals surface area contributed by atoms with Crippen LogP contribution >= 0.6 is 7.37 Å². The number of allylic oxidation sites excluding steroid dienone is 1. The van der Waals surface area contributed by atoms with E-state index in [1.165, 1.54) is 0 Å². The molecule has 0 fully saturated rings. The predicted molar refractivity (Wildman–Crippen MR) is 75.6 cm³/mol. The lowest BCUT2D eigenvalue weighted by Gasteiger charge is -2.21. The van der Waals surface area contributed by atoms with E-state index >= 15 is 0 Å². The van der Waals surface area contributed by atoms with Crippen molar-refractivity contribution < 1.29 is 14.2 Å². The molecule has 1 aromatic rings. The van der Waals surface area contributed by atoms with E-state index in [-0.39, 0.29) is 6.16 Å². The number of benzene rings is 1. The molecule has 0 bridgehead atoms. The van der Waals surface area contributed by atoms with Gasteiger partial charge in [-0.05, 0) is 31.9 Å². The van der Waals surface area contributed by atoms with E-state index in [4.69, 9.17) is 4.52 Å². The fourth-order valence-corrected chi connectivity index (χ4v) is 4.02. The smallest absolute Gasteiger partial charge is 0.234 e. The van der Waals surface area contributed by atoms with Crippen molar-refractivity contribution in [3.63, 3.8) is 0 Å². The molecule has 0 spiro atoms. The third-order valence-corrected chi connectivity index (χ3v) is 5.30. The molecule has 0 radical (unpaired) electrons. The SMILES string of the molecule is C=CCCC(O)CP(=O)(OCC)c1ccccc1. The monoisotopic (exact) mass is 268 g/mol. The summed E-state index contributed by atoms with van der Waals surface area (Å²) in [4.78, 5) is 0. The Bertz CT molecular complexity index is 403. The van der Waals surface area contributed by atoms with Gasteiger partial charge in [-0.15, -0.1) is 6.58 Å². The summed E-state index contributed by atoms with van der Waals surface area (Å²) in [5, 5.41) is 10.6. The average Bonchev–Trinajstić information content (AvgIpc) is 2.37. The second-order valence-electron chi connectivity index (χ2n) is 4.13. The summed E-state index contributed by atoms with van der Waals surface area (Å²) < 4.78 is 18.2. The quantitative estimate of drug-likeness (QED) is 0.582. The lowest BCUT2D eigenvalue weighted by molar-refractivity contribution is 0.183. The Labute approximate surface area is 109 Å². The highest BCUT2D eigenvalue weighted by Crippen LogP contribution is 2.46. The summed E-state index contributed by atoms with van der Waals surface area (Å²) in [7, 11) is -2.95. The lowest BCUT2D eigenvalue weighted by Crippen LogP contribution is -2.19. The van der Waals surface area contributed by atoms with Gasteiger partial charge in [-0.2, -0.15) is 0 Å². The van der Waals surface area contributed by atoms with Gasteiger partial charge in [-0.3, -0.25) is 4.57 Å². The van der Waals surface area contributed by atoms with Crippen LogP contribution in [0.4, 0.5) is 0 Å². The van der Waals surface area contributed by atoms with Gasteiger partial charge >= 0.3 is 0 Å². The molecule has 100 valence electrons. The number of hydrogen-bond acceptors (Lipinski definition) is 3. The fraction of sp³-hybridized carbons (Fsp3) is 0.429. The van der Waals surface area contributed by atoms with Gasteiger partial charge in [0.2, 0.25) is 7.37 Å². The summed E-state index contributed by atoms with van der Waals surface area (Å²) in [5.74, 6) is 0. The maximum atomic E-state index is 12.8. The first-order valence-electron chi connectivity index (χ1n) is 6.20. The normalized spacial score (nSPS) is 15.9. The Balaban J connectivity index is 2.81. The summed E-state index contributed by atoms with van der Waals surface area (Å²) in [6.45, 7) is 5.80. The highest BCUT2D eigenvalue weighted by molar-refractivity contribution is 7.67. The van der Waals surface area contributed by atoms with Crippen LogP contribution in [0.3, 0.4) is 0 Å². The fourth-order valence-electron chi connectivity index (χ4n) is 1.78. The molecule has 0 saturated heterocycles. The first-order valence-corrected chi connectivity index (χ1v) is 8.01. The molecule has 0 aliphatic carbocycles. The van der Waals surface area contributed by atoms with Gasteiger partial charge in [0, 0.05) is 5.30 Å². The van der Waals surface area contributed by atoms with Crippen LogP contribution in [0.25, 0.3) is 0 Å². The van der Waals surface area contributed by atoms with E-state index in [2.05, 4.69) is 6.58 Å². The van der Waals surface area contributed by atoms with Crippen LogP contribution in [-0.4, -0.2) is 24.0 Å². The summed E-state index contributed by atoms with van der Waals surface area (Å²) in [5.41, 5.74) is 0. The van der Waals surface area contributed by atoms with E-state index in [0.717, 1.165) is 0 Å². The van der Waals surface area contributed by atoms with Gasteiger partial charge in [-0.25, -0.2) is 0 Å². The third kappa shape index (κ3) is 4.41. The van der Waals surface area contributed by atoms with Gasteiger partial charge < -0.3 is 9.63 Å². The Morgan fingerprint density at radius 1 is 1.44 bits per heavy atom. The molecule has 0 aliphatic rings. The standard InChI is InChI=1S/C14H21O3P/c1-3-5-9-13(15)12-18(16,17-4-2)14-10-7-6-8-11-14/h3,6-8,10-11,13,15H,1,4-5,9,12H2,2H3. The molecule has 0 saturated carbocycles. The third-order valence-electron chi connectivity index (χ3n) is 2.64. The number of aliphatic hydroxyl groups is 1.